The molecule has 0 unspecified atom stereocenters. The Hall–Kier alpha value is -0.500. The number of allylic oxidation sites excluding steroid dienone is 1. The Balaban J connectivity index is 0.00000121. The Kier molecular flexibility index (Phi) is 4.98. The van der Waals surface area contributed by atoms with Gasteiger partial charge >= 0.3 is 0 Å². The van der Waals surface area contributed by atoms with Crippen LogP contribution in [0.15, 0.2) is 11.8 Å². The summed E-state index contributed by atoms with van der Waals surface area (Å²) >= 11 is 0. The van der Waals surface area contributed by atoms with E-state index < -0.39 is 0 Å². The lowest BCUT2D eigenvalue weighted by Crippen LogP contribution is -2.12. The molecule has 0 saturated heterocycles. The fraction of sp³-hybridized carbons (Fsp3) is 0.667. The summed E-state index contributed by atoms with van der Waals surface area (Å²) in [5.74, 6) is 0.338. The number of hydrogen-bond donors (Lipinski definition) is 0. The maximum Gasteiger partial charge on any atom is 0.160 e. The summed E-state index contributed by atoms with van der Waals surface area (Å²) in [6, 6.07) is 0. The van der Waals surface area contributed by atoms with E-state index in [1.807, 2.05) is 25.2 Å². The topological polar surface area (TPSA) is 20.3 Å². The van der Waals surface area contributed by atoms with Crippen molar-refractivity contribution in [3.8, 4) is 0 Å². The van der Waals surface area contributed by atoms with Crippen LogP contribution in [0.3, 0.4) is 0 Å². The molecule has 1 rings (SSSR count). The van der Waals surface area contributed by atoms with Crippen LogP contribution in [-0.2, 0) is 4.79 Å². The van der Waals surface area contributed by atoms with Gasteiger partial charge in [-0.1, -0.05) is 0 Å². The highest BCUT2D eigenvalue weighted by molar-refractivity contribution is 5.95. The van der Waals surface area contributed by atoms with E-state index in [1.165, 1.54) is 6.42 Å². The average molecular weight is 190 g/mol. The number of carbonyl (C=O) groups is 1. The summed E-state index contributed by atoms with van der Waals surface area (Å²) in [4.78, 5) is 13.2. The van der Waals surface area contributed by atoms with Crippen molar-refractivity contribution >= 4 is 18.2 Å². The summed E-state index contributed by atoms with van der Waals surface area (Å²) in [5.41, 5.74) is 1.00. The minimum Gasteiger partial charge on any atom is -0.383 e. The second-order valence-corrected chi connectivity index (χ2v) is 3.25. The zero-order valence-electron chi connectivity index (χ0n) is 7.67. The van der Waals surface area contributed by atoms with Gasteiger partial charge in [0.25, 0.3) is 0 Å². The van der Waals surface area contributed by atoms with Crippen LogP contribution in [0, 0.1) is 0 Å². The summed E-state index contributed by atoms with van der Waals surface area (Å²) in [7, 11) is 3.91. The van der Waals surface area contributed by atoms with Gasteiger partial charge in [0.05, 0.1) is 0 Å². The average Bonchev–Trinajstić information content (AvgIpc) is 1.93. The molecule has 0 bridgehead atoms. The van der Waals surface area contributed by atoms with Gasteiger partial charge in [-0.2, -0.15) is 0 Å². The first-order valence-corrected chi connectivity index (χ1v) is 4.10. The third kappa shape index (κ3) is 3.26. The largest absolute Gasteiger partial charge is 0.383 e. The molecular formula is C9H16ClNO. The molecule has 0 heterocycles. The standard InChI is InChI=1S/C9H15NO.ClH/c1-10(2)7-8-5-3-4-6-9(8)11;/h7H,3-6H2,1-2H3;1H/b8-7+;. The summed E-state index contributed by atoms with van der Waals surface area (Å²) in [6.07, 6.45) is 5.91. The number of hydrogen-bond acceptors (Lipinski definition) is 2. The minimum absolute atomic E-state index is 0. The van der Waals surface area contributed by atoms with E-state index in [2.05, 4.69) is 0 Å². The van der Waals surface area contributed by atoms with Crippen molar-refractivity contribution in [2.24, 2.45) is 0 Å². The zero-order valence-corrected chi connectivity index (χ0v) is 8.49. The van der Waals surface area contributed by atoms with Crippen molar-refractivity contribution in [3.63, 3.8) is 0 Å². The van der Waals surface area contributed by atoms with Gasteiger partial charge in [-0.15, -0.1) is 12.4 Å². The van der Waals surface area contributed by atoms with Crippen LogP contribution in [-0.4, -0.2) is 24.8 Å². The molecule has 0 radical (unpaired) electrons. The van der Waals surface area contributed by atoms with Crippen molar-refractivity contribution in [2.45, 2.75) is 25.7 Å². The molecule has 70 valence electrons. The third-order valence-electron chi connectivity index (χ3n) is 1.87. The Morgan fingerprint density at radius 2 is 1.83 bits per heavy atom. The monoisotopic (exact) mass is 189 g/mol. The summed E-state index contributed by atoms with van der Waals surface area (Å²) in [6.45, 7) is 0. The first-order chi connectivity index (χ1) is 5.20. The molecule has 0 aliphatic heterocycles. The quantitative estimate of drug-likeness (QED) is 0.589. The van der Waals surface area contributed by atoms with Crippen LogP contribution < -0.4 is 0 Å². The predicted molar refractivity (Wildman–Crippen MR) is 52.5 cm³/mol. The number of halogens is 1. The SMILES string of the molecule is CN(C)/C=C1\CCCCC1=O.Cl. The Morgan fingerprint density at radius 1 is 1.25 bits per heavy atom. The van der Waals surface area contributed by atoms with Crippen LogP contribution in [0.4, 0.5) is 0 Å². The van der Waals surface area contributed by atoms with Crippen LogP contribution >= 0.6 is 12.4 Å². The Morgan fingerprint density at radius 3 is 2.33 bits per heavy atom. The second kappa shape index (κ2) is 5.20. The Bertz CT molecular complexity index is 187. The zero-order chi connectivity index (χ0) is 8.27. The summed E-state index contributed by atoms with van der Waals surface area (Å²) < 4.78 is 0. The highest BCUT2D eigenvalue weighted by Crippen LogP contribution is 2.19. The van der Waals surface area contributed by atoms with Gasteiger partial charge in [0, 0.05) is 32.3 Å². The molecule has 1 aliphatic rings. The van der Waals surface area contributed by atoms with E-state index in [-0.39, 0.29) is 12.4 Å². The van der Waals surface area contributed by atoms with E-state index in [0.717, 1.165) is 24.8 Å². The van der Waals surface area contributed by atoms with Crippen molar-refractivity contribution in [2.75, 3.05) is 14.1 Å². The number of rotatable bonds is 1. The molecule has 0 N–H and O–H groups in total. The van der Waals surface area contributed by atoms with E-state index in [9.17, 15) is 4.79 Å². The van der Waals surface area contributed by atoms with Gasteiger partial charge in [-0.05, 0) is 19.3 Å². The van der Waals surface area contributed by atoms with Gasteiger partial charge in [0.1, 0.15) is 0 Å². The molecule has 12 heavy (non-hydrogen) atoms. The maximum atomic E-state index is 11.2. The lowest BCUT2D eigenvalue weighted by atomic mass is 9.94. The number of nitrogens with zero attached hydrogens (tertiary/aromatic N) is 1. The lowest BCUT2D eigenvalue weighted by molar-refractivity contribution is -0.116. The predicted octanol–water partition coefficient (Wildman–Crippen LogP) is 2.00. The van der Waals surface area contributed by atoms with Crippen LogP contribution in [0.1, 0.15) is 25.7 Å². The van der Waals surface area contributed by atoms with Crippen LogP contribution in [0.25, 0.3) is 0 Å². The molecule has 0 spiro atoms. The maximum absolute atomic E-state index is 11.2. The molecule has 0 atom stereocenters. The van der Waals surface area contributed by atoms with Crippen molar-refractivity contribution < 1.29 is 4.79 Å². The molecule has 0 aromatic rings. The fourth-order valence-corrected chi connectivity index (χ4v) is 1.35. The second-order valence-electron chi connectivity index (χ2n) is 3.25. The fourth-order valence-electron chi connectivity index (χ4n) is 1.35. The molecule has 2 nitrogen and oxygen atoms in total. The smallest absolute Gasteiger partial charge is 0.160 e. The molecule has 0 aromatic carbocycles. The number of ketones is 1. The first-order valence-electron chi connectivity index (χ1n) is 4.10. The van der Waals surface area contributed by atoms with Crippen molar-refractivity contribution in [3.05, 3.63) is 11.8 Å². The van der Waals surface area contributed by atoms with Gasteiger partial charge in [-0.3, -0.25) is 4.79 Å². The van der Waals surface area contributed by atoms with Crippen molar-refractivity contribution in [1.29, 1.82) is 0 Å². The number of carbonyl (C=O) groups excluding carboxylic acids is 1. The molecule has 1 fully saturated rings. The van der Waals surface area contributed by atoms with Gasteiger partial charge < -0.3 is 4.90 Å². The van der Waals surface area contributed by atoms with E-state index in [0.29, 0.717) is 5.78 Å². The van der Waals surface area contributed by atoms with E-state index in [1.54, 1.807) is 0 Å². The highest BCUT2D eigenvalue weighted by Gasteiger charge is 2.14. The molecule has 1 saturated carbocycles. The third-order valence-corrected chi connectivity index (χ3v) is 1.87. The van der Waals surface area contributed by atoms with Gasteiger partial charge in [-0.25, -0.2) is 0 Å². The van der Waals surface area contributed by atoms with Gasteiger partial charge in [0.2, 0.25) is 0 Å². The van der Waals surface area contributed by atoms with Crippen molar-refractivity contribution in [1.82, 2.24) is 4.90 Å². The molecule has 1 aliphatic carbocycles. The first kappa shape index (κ1) is 11.5. The molecule has 0 amide bonds. The minimum atomic E-state index is 0. The highest BCUT2D eigenvalue weighted by atomic mass is 35.5. The van der Waals surface area contributed by atoms with E-state index in [4.69, 9.17) is 0 Å². The summed E-state index contributed by atoms with van der Waals surface area (Å²) in [5, 5.41) is 0. The lowest BCUT2D eigenvalue weighted by Gasteiger charge is -2.14. The van der Waals surface area contributed by atoms with Gasteiger partial charge in [0.15, 0.2) is 5.78 Å². The molecule has 3 heteroatoms. The van der Waals surface area contributed by atoms with Crippen LogP contribution in [0.5, 0.6) is 0 Å². The normalized spacial score (nSPS) is 20.5. The molecular weight excluding hydrogens is 174 g/mol. The Labute approximate surface area is 80.0 Å². The molecule has 0 aromatic heterocycles. The number of Topliss-reactive ketones (excluding diaryl/α,β-unsaturated/α-hetero) is 1. The van der Waals surface area contributed by atoms with Crippen LogP contribution in [0.2, 0.25) is 0 Å². The van der Waals surface area contributed by atoms with E-state index >= 15 is 0 Å².